The number of alkyl halides is 4. The van der Waals surface area contributed by atoms with E-state index >= 15 is 0 Å². The van der Waals surface area contributed by atoms with Gasteiger partial charge in [0.2, 0.25) is 0 Å². The number of aromatic nitrogens is 1. The Bertz CT molecular complexity index is 614. The highest BCUT2D eigenvalue weighted by molar-refractivity contribution is 9.08. The lowest BCUT2D eigenvalue weighted by Crippen LogP contribution is -2.05. The maximum absolute atomic E-state index is 12.8. The van der Waals surface area contributed by atoms with Gasteiger partial charge in [0.05, 0.1) is 24.1 Å². The van der Waals surface area contributed by atoms with Crippen molar-refractivity contribution in [3.63, 3.8) is 0 Å². The van der Waals surface area contributed by atoms with E-state index < -0.39 is 11.7 Å². The summed E-state index contributed by atoms with van der Waals surface area (Å²) < 4.78 is 43.5. The lowest BCUT2D eigenvalue weighted by atomic mass is 10.1. The SMILES string of the molecule is COc1ccc(C(F)(F)F)cc1-c1cccc(CBr)n1. The average molecular weight is 346 g/mol. The number of methoxy groups -OCH3 is 1. The molecular formula is C14H11BrF3NO. The number of pyridine rings is 1. The first-order valence-electron chi connectivity index (χ1n) is 5.73. The van der Waals surface area contributed by atoms with Crippen LogP contribution >= 0.6 is 15.9 Å². The molecule has 0 bridgehead atoms. The second kappa shape index (κ2) is 5.83. The molecule has 0 fully saturated rings. The Morgan fingerprint density at radius 1 is 1.20 bits per heavy atom. The van der Waals surface area contributed by atoms with E-state index in [0.29, 0.717) is 22.3 Å². The summed E-state index contributed by atoms with van der Waals surface area (Å²) in [7, 11) is 1.42. The minimum atomic E-state index is -4.39. The fourth-order valence-corrected chi connectivity index (χ4v) is 2.10. The van der Waals surface area contributed by atoms with E-state index in [1.54, 1.807) is 18.2 Å². The predicted molar refractivity (Wildman–Crippen MR) is 73.9 cm³/mol. The van der Waals surface area contributed by atoms with Gasteiger partial charge in [-0.3, -0.25) is 4.98 Å². The first-order chi connectivity index (χ1) is 9.45. The predicted octanol–water partition coefficient (Wildman–Crippen LogP) is 4.67. The zero-order chi connectivity index (χ0) is 14.8. The van der Waals surface area contributed by atoms with Crippen molar-refractivity contribution in [3.05, 3.63) is 47.7 Å². The Kier molecular flexibility index (Phi) is 4.32. The molecule has 106 valence electrons. The lowest BCUT2D eigenvalue weighted by Gasteiger charge is -2.13. The molecule has 0 atom stereocenters. The molecule has 0 saturated heterocycles. The number of benzene rings is 1. The molecule has 2 rings (SSSR count). The molecule has 1 aromatic carbocycles. The highest BCUT2D eigenvalue weighted by Crippen LogP contribution is 2.36. The van der Waals surface area contributed by atoms with E-state index in [2.05, 4.69) is 20.9 Å². The number of hydrogen-bond acceptors (Lipinski definition) is 2. The van der Waals surface area contributed by atoms with Crippen LogP contribution in [-0.4, -0.2) is 12.1 Å². The van der Waals surface area contributed by atoms with Gasteiger partial charge < -0.3 is 4.74 Å². The second-order valence-electron chi connectivity index (χ2n) is 4.06. The maximum atomic E-state index is 12.8. The first kappa shape index (κ1) is 14.8. The molecule has 0 unspecified atom stereocenters. The minimum absolute atomic E-state index is 0.324. The van der Waals surface area contributed by atoms with Crippen LogP contribution < -0.4 is 4.74 Å². The van der Waals surface area contributed by atoms with Crippen LogP contribution in [0.25, 0.3) is 11.3 Å². The number of ether oxygens (including phenoxy) is 1. The monoisotopic (exact) mass is 345 g/mol. The molecule has 0 aliphatic carbocycles. The largest absolute Gasteiger partial charge is 0.496 e. The van der Waals surface area contributed by atoms with Gasteiger partial charge in [-0.2, -0.15) is 13.2 Å². The zero-order valence-electron chi connectivity index (χ0n) is 10.5. The fraction of sp³-hybridized carbons (Fsp3) is 0.214. The standard InChI is InChI=1S/C14H11BrF3NO/c1-20-13-6-5-9(14(16,17)18)7-11(13)12-4-2-3-10(8-15)19-12/h2-7H,8H2,1H3. The summed E-state index contributed by atoms with van der Waals surface area (Å²) in [6, 6.07) is 8.55. The van der Waals surface area contributed by atoms with Crippen LogP contribution in [0.15, 0.2) is 36.4 Å². The highest BCUT2D eigenvalue weighted by atomic mass is 79.9. The van der Waals surface area contributed by atoms with Crippen molar-refractivity contribution in [1.82, 2.24) is 4.98 Å². The molecule has 0 N–H and O–H groups in total. The summed E-state index contributed by atoms with van der Waals surface area (Å²) in [6.07, 6.45) is -4.39. The van der Waals surface area contributed by atoms with Crippen molar-refractivity contribution in [2.24, 2.45) is 0 Å². The Balaban J connectivity index is 2.58. The summed E-state index contributed by atoms with van der Waals surface area (Å²) in [6.45, 7) is 0. The minimum Gasteiger partial charge on any atom is -0.496 e. The van der Waals surface area contributed by atoms with Crippen molar-refractivity contribution in [1.29, 1.82) is 0 Å². The Hall–Kier alpha value is -1.56. The average Bonchev–Trinajstić information content (AvgIpc) is 2.45. The second-order valence-corrected chi connectivity index (χ2v) is 4.62. The van der Waals surface area contributed by atoms with Crippen LogP contribution in [0.2, 0.25) is 0 Å². The van der Waals surface area contributed by atoms with E-state index in [9.17, 15) is 13.2 Å². The summed E-state index contributed by atoms with van der Waals surface area (Å²) in [4.78, 5) is 4.30. The Labute approximate surface area is 122 Å². The zero-order valence-corrected chi connectivity index (χ0v) is 12.1. The molecule has 6 heteroatoms. The molecule has 0 spiro atoms. The van der Waals surface area contributed by atoms with E-state index in [1.165, 1.54) is 13.2 Å². The van der Waals surface area contributed by atoms with Crippen LogP contribution in [0, 0.1) is 0 Å². The van der Waals surface area contributed by atoms with Crippen molar-refractivity contribution >= 4 is 15.9 Å². The van der Waals surface area contributed by atoms with Crippen LogP contribution in [0.3, 0.4) is 0 Å². The molecule has 0 amide bonds. The molecule has 0 aliphatic rings. The smallest absolute Gasteiger partial charge is 0.416 e. The van der Waals surface area contributed by atoms with Gasteiger partial charge in [0.15, 0.2) is 0 Å². The van der Waals surface area contributed by atoms with Crippen molar-refractivity contribution in [2.45, 2.75) is 11.5 Å². The molecule has 2 aromatic rings. The summed E-state index contributed by atoms with van der Waals surface area (Å²) in [5, 5.41) is 0.530. The molecule has 1 aromatic heterocycles. The third-order valence-corrected chi connectivity index (χ3v) is 3.32. The van der Waals surface area contributed by atoms with E-state index in [-0.39, 0.29) is 0 Å². The quantitative estimate of drug-likeness (QED) is 0.754. The van der Waals surface area contributed by atoms with Crippen LogP contribution in [0.5, 0.6) is 5.75 Å². The van der Waals surface area contributed by atoms with Crippen molar-refractivity contribution in [2.75, 3.05) is 7.11 Å². The molecule has 1 heterocycles. The van der Waals surface area contributed by atoms with Crippen LogP contribution in [0.4, 0.5) is 13.2 Å². The van der Waals surface area contributed by atoms with Gasteiger partial charge in [-0.05, 0) is 30.3 Å². The Morgan fingerprint density at radius 2 is 1.95 bits per heavy atom. The van der Waals surface area contributed by atoms with Crippen LogP contribution in [0.1, 0.15) is 11.3 Å². The van der Waals surface area contributed by atoms with Crippen molar-refractivity contribution < 1.29 is 17.9 Å². The fourth-order valence-electron chi connectivity index (χ4n) is 1.79. The number of nitrogens with zero attached hydrogens (tertiary/aromatic N) is 1. The molecular weight excluding hydrogens is 335 g/mol. The summed E-state index contributed by atoms with van der Waals surface area (Å²) in [5.74, 6) is 0.359. The number of rotatable bonds is 3. The Morgan fingerprint density at radius 3 is 2.55 bits per heavy atom. The number of hydrogen-bond donors (Lipinski definition) is 0. The van der Waals surface area contributed by atoms with E-state index in [4.69, 9.17) is 4.74 Å². The van der Waals surface area contributed by atoms with Gasteiger partial charge >= 0.3 is 6.18 Å². The van der Waals surface area contributed by atoms with Gasteiger partial charge in [0.1, 0.15) is 5.75 Å². The summed E-state index contributed by atoms with van der Waals surface area (Å²) >= 11 is 3.27. The normalized spacial score (nSPS) is 11.4. The third-order valence-electron chi connectivity index (χ3n) is 2.75. The van der Waals surface area contributed by atoms with Gasteiger partial charge in [-0.25, -0.2) is 0 Å². The van der Waals surface area contributed by atoms with Crippen molar-refractivity contribution in [3.8, 4) is 17.0 Å². The summed E-state index contributed by atoms with van der Waals surface area (Å²) in [5.41, 5.74) is 0.788. The number of halogens is 4. The topological polar surface area (TPSA) is 22.1 Å². The molecule has 0 aliphatic heterocycles. The van der Waals surface area contributed by atoms with Gasteiger partial charge in [-0.15, -0.1) is 0 Å². The van der Waals surface area contributed by atoms with E-state index in [0.717, 1.165) is 17.8 Å². The third kappa shape index (κ3) is 3.12. The highest BCUT2D eigenvalue weighted by Gasteiger charge is 2.31. The van der Waals surface area contributed by atoms with Gasteiger partial charge in [0, 0.05) is 10.9 Å². The maximum Gasteiger partial charge on any atom is 0.416 e. The molecule has 0 saturated carbocycles. The molecule has 0 radical (unpaired) electrons. The lowest BCUT2D eigenvalue weighted by molar-refractivity contribution is -0.137. The van der Waals surface area contributed by atoms with Gasteiger partial charge in [0.25, 0.3) is 0 Å². The van der Waals surface area contributed by atoms with Crippen LogP contribution in [-0.2, 0) is 11.5 Å². The first-order valence-corrected chi connectivity index (χ1v) is 6.85. The van der Waals surface area contributed by atoms with E-state index in [1.807, 2.05) is 0 Å². The molecule has 20 heavy (non-hydrogen) atoms. The molecule has 2 nitrogen and oxygen atoms in total. The van der Waals surface area contributed by atoms with Gasteiger partial charge in [-0.1, -0.05) is 22.0 Å².